The molecule has 1 N–H and O–H groups in total. The summed E-state index contributed by atoms with van der Waals surface area (Å²) in [5, 5.41) is 8.51. The highest BCUT2D eigenvalue weighted by Gasteiger charge is 2.23. The summed E-state index contributed by atoms with van der Waals surface area (Å²) in [6.07, 6.45) is 5.41. The first-order valence-electron chi connectivity index (χ1n) is 5.23. The van der Waals surface area contributed by atoms with Gasteiger partial charge in [-0.2, -0.15) is 0 Å². The Hall–Kier alpha value is -0.0900. The van der Waals surface area contributed by atoms with Gasteiger partial charge in [-0.1, -0.05) is 6.08 Å². The quantitative estimate of drug-likeness (QED) is 0.750. The van der Waals surface area contributed by atoms with Crippen molar-refractivity contribution in [3.8, 4) is 0 Å². The number of carboxylic acids is 1. The minimum atomic E-state index is -0.684. The second-order valence-corrected chi connectivity index (χ2v) is 7.73. The predicted octanol–water partition coefficient (Wildman–Crippen LogP) is 3.73. The van der Waals surface area contributed by atoms with Gasteiger partial charge in [0.2, 0.25) is 0 Å². The van der Waals surface area contributed by atoms with Crippen molar-refractivity contribution >= 4 is 29.5 Å². The fourth-order valence-corrected chi connectivity index (χ4v) is 4.05. The molecule has 1 aliphatic rings. The van der Waals surface area contributed by atoms with Crippen molar-refractivity contribution in [1.29, 1.82) is 0 Å². The molecule has 0 fully saturated rings. The van der Waals surface area contributed by atoms with Gasteiger partial charge in [-0.15, -0.1) is 23.5 Å². The maximum atomic E-state index is 10.3. The van der Waals surface area contributed by atoms with Crippen molar-refractivity contribution in [2.45, 2.75) is 43.6 Å². The molecule has 0 atom stereocenters. The monoisotopic (exact) mass is 246 g/mol. The van der Waals surface area contributed by atoms with E-state index in [0.29, 0.717) is 6.42 Å². The molecule has 0 amide bonds. The second-order valence-electron chi connectivity index (χ2n) is 4.08. The molecule has 0 aliphatic carbocycles. The van der Waals surface area contributed by atoms with Crippen LogP contribution in [0.5, 0.6) is 0 Å². The van der Waals surface area contributed by atoms with E-state index in [9.17, 15) is 4.79 Å². The van der Waals surface area contributed by atoms with E-state index in [1.54, 1.807) is 0 Å². The van der Waals surface area contributed by atoms with E-state index in [4.69, 9.17) is 5.11 Å². The summed E-state index contributed by atoms with van der Waals surface area (Å²) in [6, 6.07) is 0. The van der Waals surface area contributed by atoms with E-state index >= 15 is 0 Å². The Morgan fingerprint density at radius 1 is 1.53 bits per heavy atom. The number of thioether (sulfide) groups is 2. The summed E-state index contributed by atoms with van der Waals surface area (Å²) in [4.78, 5) is 11.8. The van der Waals surface area contributed by atoms with Crippen LogP contribution in [0.1, 0.15) is 39.5 Å². The Bertz CT molecular complexity index is 259. The molecule has 0 bridgehead atoms. The number of carboxylic acid groups (broad SMARTS) is 1. The molecular weight excluding hydrogens is 228 g/mol. The Morgan fingerprint density at radius 2 is 2.27 bits per heavy atom. The zero-order chi connectivity index (χ0) is 11.3. The Morgan fingerprint density at radius 3 is 2.87 bits per heavy atom. The van der Waals surface area contributed by atoms with Crippen molar-refractivity contribution in [2.75, 3.05) is 5.75 Å². The molecule has 1 aliphatic heterocycles. The largest absolute Gasteiger partial charge is 0.481 e. The summed E-state index contributed by atoms with van der Waals surface area (Å²) in [6.45, 7) is 4.49. The molecule has 0 radical (unpaired) electrons. The minimum Gasteiger partial charge on any atom is -0.481 e. The van der Waals surface area contributed by atoms with E-state index in [2.05, 4.69) is 19.9 Å². The van der Waals surface area contributed by atoms with Gasteiger partial charge in [0.05, 0.1) is 4.08 Å². The molecule has 1 heterocycles. The normalized spacial score (nSPS) is 19.7. The van der Waals surface area contributed by atoms with Crippen molar-refractivity contribution in [1.82, 2.24) is 0 Å². The SMILES string of the molecule is CC1(C)SCC=C(CCCCC(=O)O)S1. The number of carbonyl (C=O) groups is 1. The number of hydrogen-bond acceptors (Lipinski definition) is 3. The van der Waals surface area contributed by atoms with Crippen LogP contribution in [0.15, 0.2) is 11.0 Å². The summed E-state index contributed by atoms with van der Waals surface area (Å²) in [5.74, 6) is 0.407. The van der Waals surface area contributed by atoms with Crippen LogP contribution in [-0.4, -0.2) is 20.9 Å². The zero-order valence-electron chi connectivity index (χ0n) is 9.28. The Labute approximate surface area is 99.9 Å². The van der Waals surface area contributed by atoms with Crippen molar-refractivity contribution in [3.05, 3.63) is 11.0 Å². The smallest absolute Gasteiger partial charge is 0.303 e. The average molecular weight is 246 g/mol. The molecule has 1 rings (SSSR count). The molecule has 0 aromatic rings. The van der Waals surface area contributed by atoms with E-state index in [-0.39, 0.29) is 4.08 Å². The molecule has 0 aromatic carbocycles. The maximum Gasteiger partial charge on any atom is 0.303 e. The summed E-state index contributed by atoms with van der Waals surface area (Å²) in [5.41, 5.74) is 0. The highest BCUT2D eigenvalue weighted by atomic mass is 32.2. The lowest BCUT2D eigenvalue weighted by Gasteiger charge is -2.28. The van der Waals surface area contributed by atoms with Crippen LogP contribution in [0, 0.1) is 0 Å². The van der Waals surface area contributed by atoms with E-state index in [1.165, 1.54) is 4.91 Å². The first-order chi connectivity index (χ1) is 6.99. The Kier molecular flexibility index (Phi) is 5.06. The van der Waals surface area contributed by atoms with Crippen LogP contribution < -0.4 is 0 Å². The van der Waals surface area contributed by atoms with Gasteiger partial charge in [0.1, 0.15) is 0 Å². The molecule has 0 spiro atoms. The third kappa shape index (κ3) is 5.52. The van der Waals surface area contributed by atoms with Gasteiger partial charge in [-0.25, -0.2) is 0 Å². The zero-order valence-corrected chi connectivity index (χ0v) is 10.9. The predicted molar refractivity (Wildman–Crippen MR) is 68.3 cm³/mol. The lowest BCUT2D eigenvalue weighted by atomic mass is 10.2. The molecule has 2 nitrogen and oxygen atoms in total. The summed E-state index contributed by atoms with van der Waals surface area (Å²) >= 11 is 3.88. The molecule has 86 valence electrons. The molecule has 4 heteroatoms. The van der Waals surface area contributed by atoms with Gasteiger partial charge in [-0.3, -0.25) is 4.79 Å². The van der Waals surface area contributed by atoms with Gasteiger partial charge in [0.15, 0.2) is 0 Å². The van der Waals surface area contributed by atoms with Gasteiger partial charge in [0.25, 0.3) is 0 Å². The van der Waals surface area contributed by atoms with Crippen LogP contribution >= 0.6 is 23.5 Å². The number of hydrogen-bond donors (Lipinski definition) is 1. The van der Waals surface area contributed by atoms with Crippen LogP contribution in [0.3, 0.4) is 0 Å². The third-order valence-corrected chi connectivity index (χ3v) is 4.94. The fourth-order valence-electron chi connectivity index (χ4n) is 1.45. The highest BCUT2D eigenvalue weighted by molar-refractivity contribution is 8.20. The number of allylic oxidation sites excluding steroid dienone is 1. The third-order valence-electron chi connectivity index (χ3n) is 2.18. The molecule has 0 aromatic heterocycles. The van der Waals surface area contributed by atoms with E-state index < -0.39 is 5.97 Å². The topological polar surface area (TPSA) is 37.3 Å². The van der Waals surface area contributed by atoms with Crippen LogP contribution in [0.2, 0.25) is 0 Å². The standard InChI is InChI=1S/C11H18O2S2/c1-11(2)14-8-7-9(15-11)5-3-4-6-10(12)13/h7H,3-6,8H2,1-2H3,(H,12,13). The van der Waals surface area contributed by atoms with Crippen LogP contribution in [0.25, 0.3) is 0 Å². The molecule has 15 heavy (non-hydrogen) atoms. The van der Waals surface area contributed by atoms with Crippen molar-refractivity contribution in [3.63, 3.8) is 0 Å². The fraction of sp³-hybridized carbons (Fsp3) is 0.727. The van der Waals surface area contributed by atoms with Gasteiger partial charge < -0.3 is 5.11 Å². The molecular formula is C11H18O2S2. The Balaban J connectivity index is 2.21. The van der Waals surface area contributed by atoms with E-state index in [1.807, 2.05) is 23.5 Å². The second kappa shape index (κ2) is 5.85. The summed E-state index contributed by atoms with van der Waals surface area (Å²) < 4.78 is 0.289. The lowest BCUT2D eigenvalue weighted by Crippen LogP contribution is -2.13. The summed E-state index contributed by atoms with van der Waals surface area (Å²) in [7, 11) is 0. The molecule has 0 saturated heterocycles. The van der Waals surface area contributed by atoms with Crippen LogP contribution in [-0.2, 0) is 4.79 Å². The number of rotatable bonds is 5. The van der Waals surface area contributed by atoms with Gasteiger partial charge >= 0.3 is 5.97 Å². The number of aliphatic carboxylic acids is 1. The number of unbranched alkanes of at least 4 members (excludes halogenated alkanes) is 1. The molecule has 0 unspecified atom stereocenters. The van der Waals surface area contributed by atoms with Crippen LogP contribution in [0.4, 0.5) is 0 Å². The van der Waals surface area contributed by atoms with Crippen molar-refractivity contribution < 1.29 is 9.90 Å². The molecule has 0 saturated carbocycles. The van der Waals surface area contributed by atoms with Crippen molar-refractivity contribution in [2.24, 2.45) is 0 Å². The lowest BCUT2D eigenvalue weighted by molar-refractivity contribution is -0.137. The van der Waals surface area contributed by atoms with Gasteiger partial charge in [0, 0.05) is 12.2 Å². The maximum absolute atomic E-state index is 10.3. The first kappa shape index (κ1) is 13.0. The average Bonchev–Trinajstić information content (AvgIpc) is 2.10. The first-order valence-corrected chi connectivity index (χ1v) is 7.03. The highest BCUT2D eigenvalue weighted by Crippen LogP contribution is 2.45. The van der Waals surface area contributed by atoms with Gasteiger partial charge in [-0.05, 0) is 38.0 Å². The van der Waals surface area contributed by atoms with E-state index in [0.717, 1.165) is 25.0 Å². The minimum absolute atomic E-state index is 0.289.